The van der Waals surface area contributed by atoms with Crippen LogP contribution in [0.5, 0.6) is 0 Å². The topological polar surface area (TPSA) is 63.7 Å². The van der Waals surface area contributed by atoms with Crippen molar-refractivity contribution in [3.05, 3.63) is 29.8 Å². The van der Waals surface area contributed by atoms with Crippen molar-refractivity contribution in [3.63, 3.8) is 0 Å². The van der Waals surface area contributed by atoms with E-state index in [-0.39, 0.29) is 24.7 Å². The molecular formula is C18H23NO4. The van der Waals surface area contributed by atoms with Crippen LogP contribution in [0.2, 0.25) is 0 Å². The first-order chi connectivity index (χ1) is 10.9. The molecular weight excluding hydrogens is 294 g/mol. The molecule has 23 heavy (non-hydrogen) atoms. The van der Waals surface area contributed by atoms with Crippen molar-refractivity contribution in [1.82, 2.24) is 0 Å². The van der Waals surface area contributed by atoms with Crippen molar-refractivity contribution in [2.24, 2.45) is 5.92 Å². The molecule has 2 rings (SSSR count). The Morgan fingerprint density at radius 1 is 1.26 bits per heavy atom. The Labute approximate surface area is 136 Å². The van der Waals surface area contributed by atoms with E-state index in [1.807, 2.05) is 24.3 Å². The van der Waals surface area contributed by atoms with Gasteiger partial charge >= 0.3 is 5.97 Å². The zero-order chi connectivity index (χ0) is 17.1. The predicted molar refractivity (Wildman–Crippen MR) is 87.2 cm³/mol. The van der Waals surface area contributed by atoms with E-state index in [1.54, 1.807) is 6.92 Å². The van der Waals surface area contributed by atoms with E-state index in [1.165, 1.54) is 11.8 Å². The molecule has 1 aromatic rings. The molecule has 0 spiro atoms. The Morgan fingerprint density at radius 2 is 1.87 bits per heavy atom. The number of anilines is 1. The standard InChI is InChI=1S/C18H23NO4/c1-5-23-18(22)17-15(12(4)20)10-16(21)19(17)14-8-6-13(7-9-14)11(2)3/h6-9,11,15,17H,5,10H2,1-4H3. The summed E-state index contributed by atoms with van der Waals surface area (Å²) >= 11 is 0. The summed E-state index contributed by atoms with van der Waals surface area (Å²) in [6.07, 6.45) is 0.0464. The number of hydrogen-bond acceptors (Lipinski definition) is 4. The third kappa shape index (κ3) is 3.44. The Bertz CT molecular complexity index is 606. The van der Waals surface area contributed by atoms with Crippen LogP contribution in [0.3, 0.4) is 0 Å². The van der Waals surface area contributed by atoms with E-state index in [0.29, 0.717) is 11.6 Å². The molecule has 2 atom stereocenters. The van der Waals surface area contributed by atoms with Crippen molar-refractivity contribution >= 4 is 23.3 Å². The molecule has 1 fully saturated rings. The maximum absolute atomic E-state index is 12.4. The van der Waals surface area contributed by atoms with E-state index >= 15 is 0 Å². The van der Waals surface area contributed by atoms with Crippen LogP contribution in [-0.4, -0.2) is 30.3 Å². The van der Waals surface area contributed by atoms with Gasteiger partial charge in [-0.25, -0.2) is 4.79 Å². The van der Waals surface area contributed by atoms with Crippen LogP contribution < -0.4 is 4.90 Å². The number of carbonyl (C=O) groups is 3. The Morgan fingerprint density at radius 3 is 2.35 bits per heavy atom. The minimum absolute atomic E-state index is 0.0464. The SMILES string of the molecule is CCOC(=O)C1C(C(C)=O)CC(=O)N1c1ccc(C(C)C)cc1. The van der Waals surface area contributed by atoms with Gasteiger partial charge in [0.2, 0.25) is 5.91 Å². The summed E-state index contributed by atoms with van der Waals surface area (Å²) in [7, 11) is 0. The number of benzene rings is 1. The highest BCUT2D eigenvalue weighted by Crippen LogP contribution is 2.33. The van der Waals surface area contributed by atoms with Crippen molar-refractivity contribution in [2.45, 2.75) is 46.1 Å². The monoisotopic (exact) mass is 317 g/mol. The molecule has 1 aliphatic rings. The molecule has 0 radical (unpaired) electrons. The zero-order valence-corrected chi connectivity index (χ0v) is 14.0. The third-order valence-electron chi connectivity index (χ3n) is 4.21. The third-order valence-corrected chi connectivity index (χ3v) is 4.21. The van der Waals surface area contributed by atoms with Gasteiger partial charge in [-0.1, -0.05) is 26.0 Å². The van der Waals surface area contributed by atoms with E-state index in [9.17, 15) is 14.4 Å². The summed E-state index contributed by atoms with van der Waals surface area (Å²) in [5.74, 6) is -1.18. The van der Waals surface area contributed by atoms with Gasteiger partial charge in [0.15, 0.2) is 0 Å². The summed E-state index contributed by atoms with van der Waals surface area (Å²) in [4.78, 5) is 37.9. The lowest BCUT2D eigenvalue weighted by Crippen LogP contribution is -2.44. The summed E-state index contributed by atoms with van der Waals surface area (Å²) in [5, 5.41) is 0. The minimum atomic E-state index is -0.871. The van der Waals surface area contributed by atoms with Crippen molar-refractivity contribution in [3.8, 4) is 0 Å². The maximum Gasteiger partial charge on any atom is 0.330 e. The summed E-state index contributed by atoms with van der Waals surface area (Å²) in [6.45, 7) is 7.51. The second-order valence-corrected chi connectivity index (χ2v) is 6.13. The summed E-state index contributed by atoms with van der Waals surface area (Å²) in [5.41, 5.74) is 1.78. The van der Waals surface area contributed by atoms with Crippen molar-refractivity contribution < 1.29 is 19.1 Å². The van der Waals surface area contributed by atoms with Gasteiger partial charge in [-0.2, -0.15) is 0 Å². The average Bonchev–Trinajstić information content (AvgIpc) is 2.85. The number of carbonyl (C=O) groups excluding carboxylic acids is 3. The molecule has 2 unspecified atom stereocenters. The first-order valence-electron chi connectivity index (χ1n) is 7.95. The maximum atomic E-state index is 12.4. The second-order valence-electron chi connectivity index (χ2n) is 6.13. The highest BCUT2D eigenvalue weighted by Gasteiger charge is 2.47. The van der Waals surface area contributed by atoms with Crippen LogP contribution >= 0.6 is 0 Å². The fourth-order valence-corrected chi connectivity index (χ4v) is 2.92. The number of hydrogen-bond donors (Lipinski definition) is 0. The quantitative estimate of drug-likeness (QED) is 0.783. The molecule has 0 aromatic heterocycles. The number of nitrogens with zero attached hydrogens (tertiary/aromatic N) is 1. The van der Waals surface area contributed by atoms with Gasteiger partial charge in [-0.3, -0.25) is 14.5 Å². The van der Waals surface area contributed by atoms with Gasteiger partial charge in [-0.05, 0) is 37.5 Å². The number of amides is 1. The molecule has 5 heteroatoms. The zero-order valence-electron chi connectivity index (χ0n) is 14.0. The molecule has 1 amide bonds. The first-order valence-corrected chi connectivity index (χ1v) is 7.95. The van der Waals surface area contributed by atoms with E-state index < -0.39 is 17.9 Å². The normalized spacial score (nSPS) is 20.9. The fourth-order valence-electron chi connectivity index (χ4n) is 2.92. The first kappa shape index (κ1) is 17.2. The largest absolute Gasteiger partial charge is 0.464 e. The van der Waals surface area contributed by atoms with Gasteiger partial charge in [-0.15, -0.1) is 0 Å². The molecule has 0 N–H and O–H groups in total. The number of ketones is 1. The van der Waals surface area contributed by atoms with E-state index in [2.05, 4.69) is 13.8 Å². The Kier molecular flexibility index (Phi) is 5.19. The molecule has 0 aliphatic carbocycles. The molecule has 0 bridgehead atoms. The lowest BCUT2D eigenvalue weighted by Gasteiger charge is -2.26. The molecule has 1 aromatic carbocycles. The van der Waals surface area contributed by atoms with Crippen LogP contribution in [0.4, 0.5) is 5.69 Å². The van der Waals surface area contributed by atoms with Gasteiger partial charge in [0.25, 0.3) is 0 Å². The molecule has 5 nitrogen and oxygen atoms in total. The highest BCUT2D eigenvalue weighted by molar-refractivity contribution is 6.07. The van der Waals surface area contributed by atoms with Gasteiger partial charge in [0.05, 0.1) is 12.5 Å². The molecule has 0 saturated carbocycles. The fraction of sp³-hybridized carbons (Fsp3) is 0.500. The minimum Gasteiger partial charge on any atom is -0.464 e. The summed E-state index contributed by atoms with van der Waals surface area (Å²) < 4.78 is 5.08. The van der Waals surface area contributed by atoms with Gasteiger partial charge < -0.3 is 4.74 Å². The summed E-state index contributed by atoms with van der Waals surface area (Å²) in [6, 6.07) is 6.65. The molecule has 1 saturated heterocycles. The lowest BCUT2D eigenvalue weighted by molar-refractivity contribution is -0.147. The smallest absolute Gasteiger partial charge is 0.330 e. The Hall–Kier alpha value is -2.17. The number of rotatable bonds is 5. The van der Waals surface area contributed by atoms with Crippen LogP contribution in [0.1, 0.15) is 45.6 Å². The molecule has 1 heterocycles. The lowest BCUT2D eigenvalue weighted by atomic mass is 9.96. The number of esters is 1. The Balaban J connectivity index is 2.38. The van der Waals surface area contributed by atoms with Gasteiger partial charge in [0, 0.05) is 12.1 Å². The average molecular weight is 317 g/mol. The predicted octanol–water partition coefficient (Wildman–Crippen LogP) is 2.68. The van der Waals surface area contributed by atoms with E-state index in [4.69, 9.17) is 4.74 Å². The molecule has 1 aliphatic heterocycles. The van der Waals surface area contributed by atoms with Crippen LogP contribution in [0, 0.1) is 5.92 Å². The van der Waals surface area contributed by atoms with Crippen LogP contribution in [0.15, 0.2) is 24.3 Å². The highest BCUT2D eigenvalue weighted by atomic mass is 16.5. The van der Waals surface area contributed by atoms with E-state index in [0.717, 1.165) is 5.56 Å². The van der Waals surface area contributed by atoms with Crippen LogP contribution in [-0.2, 0) is 19.1 Å². The van der Waals surface area contributed by atoms with Crippen molar-refractivity contribution in [2.75, 3.05) is 11.5 Å². The van der Waals surface area contributed by atoms with Crippen molar-refractivity contribution in [1.29, 1.82) is 0 Å². The van der Waals surface area contributed by atoms with Gasteiger partial charge in [0.1, 0.15) is 11.8 Å². The van der Waals surface area contributed by atoms with Crippen LogP contribution in [0.25, 0.3) is 0 Å². The number of Topliss-reactive ketones (excluding diaryl/α,β-unsaturated/α-hetero) is 1. The molecule has 124 valence electrons. The number of ether oxygens (including phenoxy) is 1. The second kappa shape index (κ2) is 6.94.